The highest BCUT2D eigenvalue weighted by atomic mass is 35.5. The minimum atomic E-state index is 0.284. The molecule has 4 nitrogen and oxygen atoms in total. The molecular formula is C19H20ClN2O2S+. The number of ether oxygens (including phenoxy) is 2. The predicted octanol–water partition coefficient (Wildman–Crippen LogP) is 3.59. The molecule has 6 heteroatoms. The third-order valence-corrected chi connectivity index (χ3v) is 6.08. The van der Waals surface area contributed by atoms with E-state index in [1.54, 1.807) is 11.3 Å². The van der Waals surface area contributed by atoms with Gasteiger partial charge in [-0.2, -0.15) is 0 Å². The molecule has 1 N–H and O–H groups in total. The second kappa shape index (κ2) is 6.92. The Hall–Kier alpha value is -1.66. The fourth-order valence-corrected chi connectivity index (χ4v) is 4.50. The van der Waals surface area contributed by atoms with Crippen molar-refractivity contribution in [1.29, 1.82) is 0 Å². The summed E-state index contributed by atoms with van der Waals surface area (Å²) in [4.78, 5) is 6.15. The zero-order valence-corrected chi connectivity index (χ0v) is 15.8. The highest BCUT2D eigenvalue weighted by Gasteiger charge is 2.24. The van der Waals surface area contributed by atoms with Crippen molar-refractivity contribution in [1.82, 2.24) is 4.98 Å². The molecular weight excluding hydrogens is 356 g/mol. The smallest absolute Gasteiger partial charge is 0.189 e. The van der Waals surface area contributed by atoms with Crippen LogP contribution in [0.2, 0.25) is 5.02 Å². The molecule has 1 aliphatic heterocycles. The van der Waals surface area contributed by atoms with E-state index in [2.05, 4.69) is 32.2 Å². The van der Waals surface area contributed by atoms with E-state index in [0.29, 0.717) is 13.4 Å². The first kappa shape index (κ1) is 16.8. The largest absolute Gasteiger partial charge is 0.467 e. The molecule has 0 spiro atoms. The molecule has 0 saturated carbocycles. The van der Waals surface area contributed by atoms with Gasteiger partial charge in [-0.3, -0.25) is 0 Å². The highest BCUT2D eigenvalue weighted by molar-refractivity contribution is 7.18. The van der Waals surface area contributed by atoms with Gasteiger partial charge >= 0.3 is 0 Å². The van der Waals surface area contributed by atoms with Gasteiger partial charge in [0.05, 0.1) is 29.4 Å². The Bertz CT molecular complexity index is 879. The van der Waals surface area contributed by atoms with Crippen LogP contribution in [0.5, 0.6) is 5.75 Å². The van der Waals surface area contributed by atoms with Crippen molar-refractivity contribution in [3.8, 4) is 5.75 Å². The second-order valence-corrected chi connectivity index (χ2v) is 7.93. The van der Waals surface area contributed by atoms with Crippen LogP contribution in [0.1, 0.15) is 29.1 Å². The lowest BCUT2D eigenvalue weighted by molar-refractivity contribution is -0.923. The van der Waals surface area contributed by atoms with Crippen molar-refractivity contribution in [2.75, 3.05) is 13.8 Å². The molecule has 1 aromatic heterocycles. The summed E-state index contributed by atoms with van der Waals surface area (Å²) in [6, 6.07) is 12.5. The Morgan fingerprint density at radius 2 is 2.16 bits per heavy atom. The van der Waals surface area contributed by atoms with E-state index >= 15 is 0 Å². The Balaban J connectivity index is 1.59. The molecule has 4 rings (SSSR count). The van der Waals surface area contributed by atoms with Gasteiger partial charge in [-0.05, 0) is 31.2 Å². The molecule has 0 saturated heterocycles. The standard InChI is InChI=1S/C19H19ClN2O2S/c1-12(19-21-16-5-3-4-6-17(16)25-19)22(2)9-13-7-15(20)8-14-10-23-11-24-18(13)14/h3-8,12H,9-11H2,1-2H3/p+1/t12-/m0/s1. The van der Waals surface area contributed by atoms with Crippen LogP contribution in [0, 0.1) is 0 Å². The first-order valence-electron chi connectivity index (χ1n) is 8.31. The van der Waals surface area contributed by atoms with Gasteiger partial charge in [-0.1, -0.05) is 23.7 Å². The maximum absolute atomic E-state index is 6.28. The summed E-state index contributed by atoms with van der Waals surface area (Å²) in [5, 5.41) is 1.88. The average Bonchev–Trinajstić information content (AvgIpc) is 3.05. The van der Waals surface area contributed by atoms with Gasteiger partial charge in [0.25, 0.3) is 0 Å². The van der Waals surface area contributed by atoms with Crippen molar-refractivity contribution >= 4 is 33.2 Å². The number of thiazole rings is 1. The van der Waals surface area contributed by atoms with Crippen LogP contribution in [0.25, 0.3) is 10.2 Å². The normalized spacial score (nSPS) is 16.3. The third kappa shape index (κ3) is 3.37. The van der Waals surface area contributed by atoms with Gasteiger partial charge in [-0.25, -0.2) is 4.98 Å². The van der Waals surface area contributed by atoms with Gasteiger partial charge in [0.1, 0.15) is 18.3 Å². The summed E-state index contributed by atoms with van der Waals surface area (Å²) < 4.78 is 12.3. The number of rotatable bonds is 4. The average molecular weight is 376 g/mol. The van der Waals surface area contributed by atoms with Gasteiger partial charge in [0.2, 0.25) is 0 Å². The Labute approximate surface area is 156 Å². The van der Waals surface area contributed by atoms with Crippen molar-refractivity contribution < 1.29 is 14.4 Å². The molecule has 0 aliphatic carbocycles. The highest BCUT2D eigenvalue weighted by Crippen LogP contribution is 2.31. The third-order valence-electron chi connectivity index (χ3n) is 4.64. The number of benzene rings is 2. The number of para-hydroxylation sites is 1. The number of nitrogens with one attached hydrogen (secondary N) is 1. The summed E-state index contributed by atoms with van der Waals surface area (Å²) >= 11 is 8.05. The number of nitrogens with zero attached hydrogens (tertiary/aromatic N) is 1. The number of hydrogen-bond donors (Lipinski definition) is 1. The van der Waals surface area contributed by atoms with E-state index in [1.807, 2.05) is 18.2 Å². The fraction of sp³-hybridized carbons (Fsp3) is 0.316. The Kier molecular flexibility index (Phi) is 4.65. The van der Waals surface area contributed by atoms with Crippen molar-refractivity contribution in [2.24, 2.45) is 0 Å². The minimum Gasteiger partial charge on any atom is -0.467 e. The van der Waals surface area contributed by atoms with Gasteiger partial charge in [-0.15, -0.1) is 11.3 Å². The van der Waals surface area contributed by atoms with Crippen molar-refractivity contribution in [3.63, 3.8) is 0 Å². The molecule has 1 aliphatic rings. The molecule has 1 unspecified atom stereocenters. The molecule has 0 fully saturated rings. The molecule has 2 aromatic carbocycles. The first-order valence-corrected chi connectivity index (χ1v) is 9.51. The van der Waals surface area contributed by atoms with E-state index in [9.17, 15) is 0 Å². The predicted molar refractivity (Wildman–Crippen MR) is 100 cm³/mol. The molecule has 0 amide bonds. The molecule has 2 heterocycles. The number of hydrogen-bond acceptors (Lipinski definition) is 4. The van der Waals surface area contributed by atoms with Gasteiger partial charge in [0.15, 0.2) is 11.8 Å². The van der Waals surface area contributed by atoms with E-state index in [-0.39, 0.29) is 6.04 Å². The lowest BCUT2D eigenvalue weighted by atomic mass is 10.1. The quantitative estimate of drug-likeness (QED) is 0.757. The monoisotopic (exact) mass is 375 g/mol. The van der Waals surface area contributed by atoms with Crippen LogP contribution in [-0.4, -0.2) is 18.8 Å². The zero-order valence-electron chi connectivity index (χ0n) is 14.2. The summed E-state index contributed by atoms with van der Waals surface area (Å²) in [7, 11) is 2.18. The number of halogens is 1. The van der Waals surface area contributed by atoms with E-state index in [0.717, 1.165) is 39.0 Å². The van der Waals surface area contributed by atoms with Crippen LogP contribution < -0.4 is 9.64 Å². The Morgan fingerprint density at radius 1 is 1.32 bits per heavy atom. The van der Waals surface area contributed by atoms with E-state index < -0.39 is 0 Å². The summed E-state index contributed by atoms with van der Waals surface area (Å²) in [5.74, 6) is 0.923. The topological polar surface area (TPSA) is 35.8 Å². The summed E-state index contributed by atoms with van der Waals surface area (Å²) in [6.07, 6.45) is 0. The maximum Gasteiger partial charge on any atom is 0.189 e. The van der Waals surface area contributed by atoms with Gasteiger partial charge < -0.3 is 14.4 Å². The van der Waals surface area contributed by atoms with Crippen LogP contribution in [0.4, 0.5) is 0 Å². The lowest BCUT2D eigenvalue weighted by Crippen LogP contribution is -3.07. The van der Waals surface area contributed by atoms with Crippen LogP contribution in [0.3, 0.4) is 0 Å². The van der Waals surface area contributed by atoms with Crippen molar-refractivity contribution in [3.05, 3.63) is 57.6 Å². The second-order valence-electron chi connectivity index (χ2n) is 6.43. The molecule has 3 aromatic rings. The van der Waals surface area contributed by atoms with Crippen LogP contribution in [-0.2, 0) is 17.9 Å². The van der Waals surface area contributed by atoms with Crippen LogP contribution >= 0.6 is 22.9 Å². The van der Waals surface area contributed by atoms with E-state index in [1.165, 1.54) is 9.60 Å². The molecule has 130 valence electrons. The zero-order chi connectivity index (χ0) is 17.4. The van der Waals surface area contributed by atoms with E-state index in [4.69, 9.17) is 26.1 Å². The number of quaternary nitrogens is 1. The summed E-state index contributed by atoms with van der Waals surface area (Å²) in [6.45, 7) is 3.89. The Morgan fingerprint density at radius 3 is 3.00 bits per heavy atom. The lowest BCUT2D eigenvalue weighted by Gasteiger charge is -2.24. The minimum absolute atomic E-state index is 0.284. The number of fused-ring (bicyclic) bond motifs is 2. The SMILES string of the molecule is C[C@@H](c1nc2ccccc2s1)[NH+](C)Cc1cc(Cl)cc2c1OCOC2. The molecule has 0 radical (unpaired) electrons. The summed E-state index contributed by atoms with van der Waals surface area (Å²) in [5.41, 5.74) is 3.22. The molecule has 25 heavy (non-hydrogen) atoms. The van der Waals surface area contributed by atoms with Gasteiger partial charge in [0, 0.05) is 10.6 Å². The molecule has 0 bridgehead atoms. The van der Waals surface area contributed by atoms with Crippen molar-refractivity contribution in [2.45, 2.75) is 26.1 Å². The fourth-order valence-electron chi connectivity index (χ4n) is 3.13. The van der Waals surface area contributed by atoms with Crippen LogP contribution in [0.15, 0.2) is 36.4 Å². The first-order chi connectivity index (χ1) is 12.1. The maximum atomic E-state index is 6.28. The number of aromatic nitrogens is 1. The molecule has 2 atom stereocenters.